The van der Waals surface area contributed by atoms with E-state index >= 15 is 0 Å². The quantitative estimate of drug-likeness (QED) is 0.774. The lowest BCUT2D eigenvalue weighted by atomic mass is 10.4. The number of halogens is 1. The number of nitrogens with one attached hydrogen (secondary N) is 2. The first kappa shape index (κ1) is 16.2. The van der Waals surface area contributed by atoms with Gasteiger partial charge in [-0.3, -0.25) is 15.0 Å². The molecule has 0 fully saturated rings. The minimum Gasteiger partial charge on any atom is -0.306 e. The van der Waals surface area contributed by atoms with Crippen LogP contribution in [0.25, 0.3) is 0 Å². The zero-order valence-corrected chi connectivity index (χ0v) is 12.8. The zero-order chi connectivity index (χ0) is 16.2. The van der Waals surface area contributed by atoms with Crippen LogP contribution in [0.1, 0.15) is 0 Å². The van der Waals surface area contributed by atoms with E-state index in [1.807, 2.05) is 10.3 Å². The number of carbonyl (C=O) groups excluding carboxylic acids is 1. The number of nitrogens with zero attached hydrogens (tertiary/aromatic N) is 1. The molecule has 1 aromatic heterocycles. The molecule has 116 valence electrons. The van der Waals surface area contributed by atoms with Gasteiger partial charge in [0.2, 0.25) is 0 Å². The third-order valence-corrected chi connectivity index (χ3v) is 4.12. The van der Waals surface area contributed by atoms with E-state index in [4.69, 9.17) is 11.6 Å². The van der Waals surface area contributed by atoms with Crippen molar-refractivity contribution in [3.05, 3.63) is 64.0 Å². The molecule has 0 spiro atoms. The smallest absolute Gasteiger partial charge is 0.257 e. The number of pyridine rings is 1. The predicted octanol–water partition coefficient (Wildman–Crippen LogP) is 0.511. The number of benzene rings is 1. The van der Waals surface area contributed by atoms with Crippen LogP contribution in [0.4, 0.5) is 0 Å². The Morgan fingerprint density at radius 1 is 1.18 bits per heavy atom. The molecular weight excluding hydrogens is 330 g/mol. The van der Waals surface area contributed by atoms with Crippen LogP contribution in [0.2, 0.25) is 5.02 Å². The van der Waals surface area contributed by atoms with Crippen molar-refractivity contribution in [1.29, 1.82) is 0 Å². The van der Waals surface area contributed by atoms with Crippen molar-refractivity contribution in [3.8, 4) is 0 Å². The van der Waals surface area contributed by atoms with Crippen LogP contribution in [0, 0.1) is 0 Å². The molecule has 2 rings (SSSR count). The minimum absolute atomic E-state index is 0.0859. The summed E-state index contributed by atoms with van der Waals surface area (Å²) in [6.45, 7) is -0.308. The Labute approximate surface area is 131 Å². The summed E-state index contributed by atoms with van der Waals surface area (Å²) >= 11 is 5.72. The molecule has 0 atom stereocenters. The Bertz CT molecular complexity index is 848. The van der Waals surface area contributed by atoms with Gasteiger partial charge in [0, 0.05) is 17.3 Å². The number of aromatic nitrogens is 1. The first-order valence-corrected chi connectivity index (χ1v) is 7.96. The van der Waals surface area contributed by atoms with Crippen molar-refractivity contribution in [2.45, 2.75) is 11.4 Å². The highest BCUT2D eigenvalue weighted by atomic mass is 35.5. The van der Waals surface area contributed by atoms with E-state index in [9.17, 15) is 18.0 Å². The zero-order valence-electron chi connectivity index (χ0n) is 11.2. The van der Waals surface area contributed by atoms with Gasteiger partial charge in [0.15, 0.2) is 0 Å². The molecule has 0 bridgehead atoms. The fourth-order valence-electron chi connectivity index (χ4n) is 1.60. The van der Waals surface area contributed by atoms with Gasteiger partial charge in [-0.2, -0.15) is 0 Å². The molecule has 0 unspecified atom stereocenters. The second kappa shape index (κ2) is 6.73. The van der Waals surface area contributed by atoms with Crippen molar-refractivity contribution in [1.82, 2.24) is 14.8 Å². The van der Waals surface area contributed by atoms with Crippen LogP contribution < -0.4 is 15.8 Å². The molecule has 2 aromatic rings. The van der Waals surface area contributed by atoms with Crippen LogP contribution in [0.5, 0.6) is 0 Å². The number of sulfonamides is 1. The summed E-state index contributed by atoms with van der Waals surface area (Å²) in [5.41, 5.74) is 1.67. The Morgan fingerprint density at radius 3 is 2.64 bits per heavy atom. The monoisotopic (exact) mass is 341 g/mol. The SMILES string of the molecule is O=C(Cn1ccccc1=O)NNS(=O)(=O)c1cccc(Cl)c1. The Morgan fingerprint density at radius 2 is 1.95 bits per heavy atom. The average Bonchev–Trinajstić information content (AvgIpc) is 2.48. The first-order chi connectivity index (χ1) is 10.4. The van der Waals surface area contributed by atoms with Crippen molar-refractivity contribution < 1.29 is 13.2 Å². The van der Waals surface area contributed by atoms with Crippen LogP contribution >= 0.6 is 11.6 Å². The molecule has 22 heavy (non-hydrogen) atoms. The highest BCUT2D eigenvalue weighted by molar-refractivity contribution is 7.89. The van der Waals surface area contributed by atoms with Gasteiger partial charge in [0.1, 0.15) is 6.54 Å². The van der Waals surface area contributed by atoms with E-state index < -0.39 is 15.9 Å². The maximum absolute atomic E-state index is 12.0. The topological polar surface area (TPSA) is 97.3 Å². The molecule has 0 saturated carbocycles. The number of hydrazine groups is 1. The van der Waals surface area contributed by atoms with E-state index in [-0.39, 0.29) is 22.0 Å². The van der Waals surface area contributed by atoms with Crippen molar-refractivity contribution in [2.75, 3.05) is 0 Å². The van der Waals surface area contributed by atoms with Crippen LogP contribution in [0.3, 0.4) is 0 Å². The Kier molecular flexibility index (Phi) is 4.96. The number of hydrogen-bond donors (Lipinski definition) is 2. The first-order valence-electron chi connectivity index (χ1n) is 6.10. The normalized spacial score (nSPS) is 11.1. The fraction of sp³-hybridized carbons (Fsp3) is 0.0769. The minimum atomic E-state index is -3.93. The molecule has 1 heterocycles. The van der Waals surface area contributed by atoms with Crippen molar-refractivity contribution >= 4 is 27.5 Å². The van der Waals surface area contributed by atoms with Gasteiger partial charge in [-0.15, -0.1) is 4.83 Å². The highest BCUT2D eigenvalue weighted by Crippen LogP contribution is 2.14. The summed E-state index contributed by atoms with van der Waals surface area (Å²) in [6.07, 6.45) is 1.42. The summed E-state index contributed by atoms with van der Waals surface area (Å²) in [5.74, 6) is -0.682. The molecule has 0 aliphatic heterocycles. The third-order valence-electron chi connectivity index (χ3n) is 2.64. The summed E-state index contributed by atoms with van der Waals surface area (Å²) in [7, 11) is -3.93. The standard InChI is InChI=1S/C13H12ClN3O4S/c14-10-4-3-5-11(8-10)22(20,21)16-15-12(18)9-17-7-2-1-6-13(17)19/h1-8,16H,9H2,(H,15,18). The predicted molar refractivity (Wildman–Crippen MR) is 80.6 cm³/mol. The maximum Gasteiger partial charge on any atom is 0.257 e. The van der Waals surface area contributed by atoms with Gasteiger partial charge >= 0.3 is 0 Å². The molecule has 0 aliphatic rings. The lowest BCUT2D eigenvalue weighted by Gasteiger charge is -2.09. The lowest BCUT2D eigenvalue weighted by Crippen LogP contribution is -2.44. The highest BCUT2D eigenvalue weighted by Gasteiger charge is 2.15. The molecular formula is C13H12ClN3O4S. The molecule has 1 aromatic carbocycles. The summed E-state index contributed by atoms with van der Waals surface area (Å²) in [5, 5.41) is 0.255. The van der Waals surface area contributed by atoms with Gasteiger partial charge < -0.3 is 4.57 Å². The summed E-state index contributed by atoms with van der Waals surface area (Å²) in [4.78, 5) is 25.0. The summed E-state index contributed by atoms with van der Waals surface area (Å²) in [6, 6.07) is 10.0. The van der Waals surface area contributed by atoms with E-state index in [1.54, 1.807) is 12.1 Å². The second-order valence-electron chi connectivity index (χ2n) is 4.28. The van der Waals surface area contributed by atoms with Crippen molar-refractivity contribution in [2.24, 2.45) is 0 Å². The molecule has 2 N–H and O–H groups in total. The average molecular weight is 342 g/mol. The van der Waals surface area contributed by atoms with E-state index in [1.165, 1.54) is 36.5 Å². The third kappa shape index (κ3) is 4.17. The second-order valence-corrected chi connectivity index (χ2v) is 6.40. The fourth-order valence-corrected chi connectivity index (χ4v) is 2.76. The van der Waals surface area contributed by atoms with Gasteiger partial charge in [-0.1, -0.05) is 23.7 Å². The lowest BCUT2D eigenvalue weighted by molar-refractivity contribution is -0.122. The number of carbonyl (C=O) groups is 1. The Hall–Kier alpha value is -2.16. The molecule has 0 radical (unpaired) electrons. The number of hydrogen-bond acceptors (Lipinski definition) is 4. The van der Waals surface area contributed by atoms with Crippen LogP contribution in [-0.2, 0) is 21.4 Å². The van der Waals surface area contributed by atoms with Gasteiger partial charge in [0.25, 0.3) is 21.5 Å². The van der Waals surface area contributed by atoms with Crippen molar-refractivity contribution in [3.63, 3.8) is 0 Å². The molecule has 0 aliphatic carbocycles. The Balaban J connectivity index is 2.02. The summed E-state index contributed by atoms with van der Waals surface area (Å²) < 4.78 is 25.1. The van der Waals surface area contributed by atoms with Crippen LogP contribution in [-0.4, -0.2) is 18.9 Å². The molecule has 7 nitrogen and oxygen atoms in total. The van der Waals surface area contributed by atoms with Crippen LogP contribution in [0.15, 0.2) is 58.4 Å². The maximum atomic E-state index is 12.0. The van der Waals surface area contributed by atoms with Gasteiger partial charge in [-0.05, 0) is 24.3 Å². The van der Waals surface area contributed by atoms with E-state index in [2.05, 4.69) is 0 Å². The largest absolute Gasteiger partial charge is 0.306 e. The van der Waals surface area contributed by atoms with E-state index in [0.29, 0.717) is 0 Å². The molecule has 9 heteroatoms. The van der Waals surface area contributed by atoms with E-state index in [0.717, 1.165) is 4.57 Å². The number of rotatable bonds is 5. The number of amides is 1. The van der Waals surface area contributed by atoms with Gasteiger partial charge in [0.05, 0.1) is 4.90 Å². The van der Waals surface area contributed by atoms with Gasteiger partial charge in [-0.25, -0.2) is 8.42 Å². The molecule has 0 saturated heterocycles. The molecule has 1 amide bonds.